The van der Waals surface area contributed by atoms with Gasteiger partial charge in [-0.3, -0.25) is 4.79 Å². The lowest BCUT2D eigenvalue weighted by molar-refractivity contribution is -0.668. The summed E-state index contributed by atoms with van der Waals surface area (Å²) in [5.74, 6) is 1.14. The number of nitrogens with one attached hydrogen (secondary N) is 1. The van der Waals surface area contributed by atoms with Crippen LogP contribution < -0.4 is 25.8 Å². The van der Waals surface area contributed by atoms with Crippen LogP contribution in [0.4, 0.5) is 5.82 Å². The minimum Gasteiger partial charge on any atom is -0.454 e. The first-order chi connectivity index (χ1) is 10.7. The second-order valence-electron chi connectivity index (χ2n) is 4.72. The Morgan fingerprint density at radius 3 is 3.00 bits per heavy atom. The number of nitrogen functional groups attached to an aromatic ring is 1. The molecule has 5 N–H and O–H groups in total. The number of hydrogen-bond acceptors (Lipinski definition) is 7. The van der Waals surface area contributed by atoms with Crippen molar-refractivity contribution in [3.63, 3.8) is 0 Å². The van der Waals surface area contributed by atoms with Gasteiger partial charge in [0, 0.05) is 5.56 Å². The van der Waals surface area contributed by atoms with Crippen molar-refractivity contribution in [2.75, 3.05) is 25.6 Å². The number of fused-ring (bicyclic) bond motifs is 1. The van der Waals surface area contributed by atoms with Crippen molar-refractivity contribution in [2.45, 2.75) is 6.54 Å². The number of nitrogens with two attached hydrogens (primary N) is 2. The number of carbonyl (C=O) groups is 1. The molecule has 1 aromatic carbocycles. The molecule has 2 aromatic rings. The van der Waals surface area contributed by atoms with E-state index >= 15 is 0 Å². The molecule has 22 heavy (non-hydrogen) atoms. The highest BCUT2D eigenvalue weighted by atomic mass is 16.7. The summed E-state index contributed by atoms with van der Waals surface area (Å²) < 4.78 is 15.0. The summed E-state index contributed by atoms with van der Waals surface area (Å²) in [6.07, 6.45) is 0. The first kappa shape index (κ1) is 14.1. The molecule has 0 radical (unpaired) electrons. The van der Waals surface area contributed by atoms with Crippen LogP contribution in [-0.4, -0.2) is 36.1 Å². The smallest absolute Gasteiger partial charge is 0.277 e. The number of nitrogens with zero attached hydrogens (tertiary/aromatic N) is 2. The van der Waals surface area contributed by atoms with Gasteiger partial charge < -0.3 is 25.8 Å². The number of ether oxygens (including phenoxy) is 2. The fourth-order valence-electron chi connectivity index (χ4n) is 2.06. The molecule has 116 valence electrons. The van der Waals surface area contributed by atoms with E-state index in [1.165, 1.54) is 0 Å². The number of aromatic nitrogens is 2. The summed E-state index contributed by atoms with van der Waals surface area (Å²) in [5.41, 5.74) is 6.57. The van der Waals surface area contributed by atoms with E-state index in [1.54, 1.807) is 0 Å². The summed E-state index contributed by atoms with van der Waals surface area (Å²) in [6.45, 7) is 2.25. The normalized spacial score (nSPS) is 12.4. The van der Waals surface area contributed by atoms with Crippen molar-refractivity contribution < 1.29 is 24.2 Å². The lowest BCUT2D eigenvalue weighted by Crippen LogP contribution is -2.84. The lowest BCUT2D eigenvalue weighted by atomic mass is 10.2. The molecule has 0 spiro atoms. The van der Waals surface area contributed by atoms with Gasteiger partial charge in [-0.05, 0) is 28.5 Å². The molecule has 3 rings (SSSR count). The summed E-state index contributed by atoms with van der Waals surface area (Å²) in [6, 6.07) is 5.84. The molecule has 0 saturated carbocycles. The van der Waals surface area contributed by atoms with Gasteiger partial charge in [0.2, 0.25) is 18.3 Å². The molecule has 1 aliphatic heterocycles. The Morgan fingerprint density at radius 1 is 1.32 bits per heavy atom. The van der Waals surface area contributed by atoms with Crippen LogP contribution in [0.2, 0.25) is 0 Å². The van der Waals surface area contributed by atoms with Crippen LogP contribution in [0.1, 0.15) is 16.1 Å². The Bertz CT molecular complexity index is 672. The zero-order chi connectivity index (χ0) is 15.4. The molecule has 1 aromatic heterocycles. The molecule has 0 saturated heterocycles. The maximum atomic E-state index is 11.7. The highest BCUT2D eigenvalue weighted by Crippen LogP contribution is 2.32. The molecule has 9 nitrogen and oxygen atoms in total. The minimum atomic E-state index is -0.393. The Hall–Kier alpha value is -2.81. The first-order valence-corrected chi connectivity index (χ1v) is 6.80. The quantitative estimate of drug-likeness (QED) is 0.576. The van der Waals surface area contributed by atoms with E-state index < -0.39 is 5.91 Å². The van der Waals surface area contributed by atoms with E-state index in [2.05, 4.69) is 25.6 Å². The Balaban J connectivity index is 1.39. The summed E-state index contributed by atoms with van der Waals surface area (Å²) >= 11 is 0. The highest BCUT2D eigenvalue weighted by molar-refractivity contribution is 5.95. The number of rotatable bonds is 6. The van der Waals surface area contributed by atoms with Gasteiger partial charge in [-0.25, -0.2) is 4.63 Å². The van der Waals surface area contributed by atoms with Crippen LogP contribution in [0.5, 0.6) is 11.5 Å². The second kappa shape index (κ2) is 6.31. The maximum absolute atomic E-state index is 11.7. The van der Waals surface area contributed by atoms with Crippen LogP contribution in [0, 0.1) is 0 Å². The van der Waals surface area contributed by atoms with Crippen molar-refractivity contribution in [1.82, 2.24) is 15.6 Å². The molecule has 1 amide bonds. The summed E-state index contributed by atoms with van der Waals surface area (Å²) in [4.78, 5) is 11.7. The van der Waals surface area contributed by atoms with Crippen molar-refractivity contribution in [1.29, 1.82) is 0 Å². The number of anilines is 1. The molecule has 1 aliphatic rings. The van der Waals surface area contributed by atoms with Crippen LogP contribution >= 0.6 is 0 Å². The largest absolute Gasteiger partial charge is 0.454 e. The molecule has 0 atom stereocenters. The first-order valence-electron chi connectivity index (χ1n) is 6.80. The summed E-state index contributed by atoms with van der Waals surface area (Å²) in [5, 5.41) is 11.6. The molecule has 0 aliphatic carbocycles. The average Bonchev–Trinajstić information content (AvgIpc) is 3.14. The highest BCUT2D eigenvalue weighted by Gasteiger charge is 2.15. The van der Waals surface area contributed by atoms with Crippen molar-refractivity contribution in [3.05, 3.63) is 29.5 Å². The standard InChI is InChI=1S/C13H15N5O4/c14-12-11(17-22-18-12)13(19)16-4-3-15-6-8-1-2-9-10(5-8)21-7-20-9/h1-2,5,15H,3-4,6-7H2,(H2,14,18)(H,16,19)/p+1. The zero-order valence-electron chi connectivity index (χ0n) is 11.7. The van der Waals surface area contributed by atoms with Crippen LogP contribution in [-0.2, 0) is 6.54 Å². The molecule has 2 heterocycles. The molecule has 0 unspecified atom stereocenters. The second-order valence-corrected chi connectivity index (χ2v) is 4.72. The average molecular weight is 306 g/mol. The number of amides is 1. The van der Waals surface area contributed by atoms with E-state index in [0.717, 1.165) is 23.6 Å². The Morgan fingerprint density at radius 2 is 2.18 bits per heavy atom. The Labute approximate surface area is 125 Å². The molecule has 0 bridgehead atoms. The summed E-state index contributed by atoms with van der Waals surface area (Å²) in [7, 11) is 0. The van der Waals surface area contributed by atoms with Gasteiger partial charge in [-0.1, -0.05) is 0 Å². The van der Waals surface area contributed by atoms with E-state index in [4.69, 9.17) is 15.2 Å². The minimum absolute atomic E-state index is 0.00997. The predicted molar refractivity (Wildman–Crippen MR) is 74.1 cm³/mol. The van der Waals surface area contributed by atoms with E-state index in [0.29, 0.717) is 13.1 Å². The van der Waals surface area contributed by atoms with E-state index in [9.17, 15) is 4.79 Å². The third-order valence-corrected chi connectivity index (χ3v) is 3.18. The van der Waals surface area contributed by atoms with Gasteiger partial charge >= 0.3 is 0 Å². The third-order valence-electron chi connectivity index (χ3n) is 3.18. The van der Waals surface area contributed by atoms with Crippen LogP contribution in [0.15, 0.2) is 22.8 Å². The van der Waals surface area contributed by atoms with E-state index in [1.807, 2.05) is 18.2 Å². The third kappa shape index (κ3) is 3.09. The van der Waals surface area contributed by atoms with Crippen LogP contribution in [0.3, 0.4) is 0 Å². The number of carbonyl (C=O) groups excluding carboxylic acids is 1. The molecule has 0 fully saturated rings. The number of hydrogen-bond donors (Lipinski definition) is 3. The fraction of sp³-hybridized carbons (Fsp3) is 0.308. The van der Waals surface area contributed by atoms with Gasteiger partial charge in [0.1, 0.15) is 6.54 Å². The van der Waals surface area contributed by atoms with Crippen molar-refractivity contribution in [2.24, 2.45) is 0 Å². The van der Waals surface area contributed by atoms with Gasteiger partial charge in [-0.15, -0.1) is 0 Å². The topological polar surface area (TPSA) is 129 Å². The van der Waals surface area contributed by atoms with E-state index in [-0.39, 0.29) is 18.3 Å². The number of benzene rings is 1. The molecule has 9 heteroatoms. The monoisotopic (exact) mass is 306 g/mol. The van der Waals surface area contributed by atoms with Gasteiger partial charge in [-0.2, -0.15) is 0 Å². The van der Waals surface area contributed by atoms with Gasteiger partial charge in [0.15, 0.2) is 11.5 Å². The lowest BCUT2D eigenvalue weighted by Gasteiger charge is -2.04. The zero-order valence-corrected chi connectivity index (χ0v) is 11.7. The molecular formula is C13H16N5O4+. The maximum Gasteiger partial charge on any atom is 0.277 e. The fourth-order valence-corrected chi connectivity index (χ4v) is 2.06. The van der Waals surface area contributed by atoms with Gasteiger partial charge in [0.25, 0.3) is 5.91 Å². The van der Waals surface area contributed by atoms with Crippen LogP contribution in [0.25, 0.3) is 0 Å². The SMILES string of the molecule is Nc1nonc1C(=O)NCC[NH2+]Cc1ccc2c(c1)OCO2. The Kier molecular flexibility index (Phi) is 4.05. The van der Waals surface area contributed by atoms with Crippen molar-refractivity contribution >= 4 is 11.7 Å². The van der Waals surface area contributed by atoms with Gasteiger partial charge in [0.05, 0.1) is 13.1 Å². The number of quaternary nitrogens is 1. The molecular weight excluding hydrogens is 290 g/mol. The van der Waals surface area contributed by atoms with Crippen molar-refractivity contribution in [3.8, 4) is 11.5 Å². The predicted octanol–water partition coefficient (Wildman–Crippen LogP) is -1.13.